The Bertz CT molecular complexity index is 1080. The smallest absolute Gasteiger partial charge is 0.220 e. The summed E-state index contributed by atoms with van der Waals surface area (Å²) < 4.78 is 6.32. The van der Waals surface area contributed by atoms with Gasteiger partial charge in [-0.3, -0.25) is 4.90 Å². The maximum Gasteiger partial charge on any atom is 0.220 e. The monoisotopic (exact) mass is 373 g/mol. The van der Waals surface area contributed by atoms with E-state index in [4.69, 9.17) is 20.9 Å². The molecule has 0 radical (unpaired) electrons. The Labute approximate surface area is 163 Å². The number of hydrogen-bond acceptors (Lipinski definition) is 6. The Hall–Kier alpha value is -3.28. The molecule has 2 aliphatic rings. The van der Waals surface area contributed by atoms with Crippen molar-refractivity contribution in [1.29, 1.82) is 0 Å². The van der Waals surface area contributed by atoms with Crippen molar-refractivity contribution in [3.8, 4) is 11.3 Å². The van der Waals surface area contributed by atoms with Gasteiger partial charge in [0.1, 0.15) is 11.4 Å². The van der Waals surface area contributed by atoms with Gasteiger partial charge in [0.15, 0.2) is 5.58 Å². The Morgan fingerprint density at radius 2 is 1.71 bits per heavy atom. The van der Waals surface area contributed by atoms with Crippen LogP contribution in [0.1, 0.15) is 32.1 Å². The van der Waals surface area contributed by atoms with Gasteiger partial charge >= 0.3 is 0 Å². The molecule has 28 heavy (non-hydrogen) atoms. The fourth-order valence-electron chi connectivity index (χ4n) is 4.44. The number of nitrogens with zero attached hydrogens (tertiary/aromatic N) is 3. The number of anilines is 1. The third-order valence-electron chi connectivity index (χ3n) is 5.67. The summed E-state index contributed by atoms with van der Waals surface area (Å²) in [6.07, 6.45) is 5.16. The molecule has 1 aliphatic carbocycles. The van der Waals surface area contributed by atoms with E-state index in [0.717, 1.165) is 53.7 Å². The van der Waals surface area contributed by atoms with Crippen molar-refractivity contribution >= 4 is 28.6 Å². The number of aliphatic imine (C=N–C) groups is 2. The minimum absolute atomic E-state index is 0.257. The highest BCUT2D eigenvalue weighted by Gasteiger charge is 2.43. The second-order valence-electron chi connectivity index (χ2n) is 7.49. The number of nitrogens with two attached hydrogens (primary N) is 2. The van der Waals surface area contributed by atoms with E-state index in [2.05, 4.69) is 17.1 Å². The van der Waals surface area contributed by atoms with Crippen LogP contribution in [0, 0.1) is 0 Å². The molecule has 0 amide bonds. The van der Waals surface area contributed by atoms with Crippen LogP contribution in [-0.2, 0) is 0 Å². The van der Waals surface area contributed by atoms with E-state index >= 15 is 0 Å². The zero-order chi connectivity index (χ0) is 19.1. The van der Waals surface area contributed by atoms with Crippen LogP contribution >= 0.6 is 0 Å². The largest absolute Gasteiger partial charge is 0.454 e. The van der Waals surface area contributed by atoms with E-state index in [-0.39, 0.29) is 5.96 Å². The molecule has 1 fully saturated rings. The van der Waals surface area contributed by atoms with Crippen molar-refractivity contribution in [2.45, 2.75) is 37.8 Å². The molecule has 0 atom stereocenters. The van der Waals surface area contributed by atoms with E-state index in [9.17, 15) is 0 Å². The zero-order valence-corrected chi connectivity index (χ0v) is 15.6. The van der Waals surface area contributed by atoms with Gasteiger partial charge in [-0.2, -0.15) is 4.99 Å². The quantitative estimate of drug-likeness (QED) is 0.704. The third kappa shape index (κ3) is 2.64. The van der Waals surface area contributed by atoms with Gasteiger partial charge in [-0.05, 0) is 37.8 Å². The average molecular weight is 373 g/mol. The number of rotatable bonds is 2. The predicted octanol–water partition coefficient (Wildman–Crippen LogP) is 4.21. The summed E-state index contributed by atoms with van der Waals surface area (Å²) in [6.45, 7) is 0. The zero-order valence-electron chi connectivity index (χ0n) is 15.6. The van der Waals surface area contributed by atoms with Crippen LogP contribution in [-0.4, -0.2) is 17.6 Å². The van der Waals surface area contributed by atoms with Gasteiger partial charge in [0.25, 0.3) is 0 Å². The Morgan fingerprint density at radius 1 is 0.929 bits per heavy atom. The van der Waals surface area contributed by atoms with E-state index in [0.29, 0.717) is 5.96 Å². The van der Waals surface area contributed by atoms with Crippen molar-refractivity contribution in [2.75, 3.05) is 4.90 Å². The first kappa shape index (κ1) is 16.9. The number of fused-ring (bicyclic) bond motifs is 1. The number of furan rings is 1. The molecule has 6 nitrogen and oxygen atoms in total. The first-order chi connectivity index (χ1) is 13.7. The summed E-state index contributed by atoms with van der Waals surface area (Å²) >= 11 is 0. The molecule has 1 aliphatic heterocycles. The molecule has 0 saturated heterocycles. The molecule has 0 unspecified atom stereocenters. The van der Waals surface area contributed by atoms with Crippen molar-refractivity contribution < 1.29 is 4.42 Å². The van der Waals surface area contributed by atoms with Crippen LogP contribution in [0.25, 0.3) is 22.3 Å². The Kier molecular flexibility index (Phi) is 3.86. The number of guanidine groups is 2. The van der Waals surface area contributed by atoms with Crippen LogP contribution in [0.15, 0.2) is 69.0 Å². The Balaban J connectivity index is 1.67. The van der Waals surface area contributed by atoms with Crippen LogP contribution in [0.2, 0.25) is 0 Å². The van der Waals surface area contributed by atoms with Gasteiger partial charge in [-0.25, -0.2) is 4.99 Å². The second kappa shape index (κ2) is 6.41. The lowest BCUT2D eigenvalue weighted by Gasteiger charge is -2.45. The summed E-state index contributed by atoms with van der Waals surface area (Å²) in [5, 5.41) is 1.03. The SMILES string of the molecule is NC1=NC2(CCCCC2)N(c2cccc3cc(-c4ccccc4)oc23)C(N)=N1. The molecular formula is C22H23N5O. The summed E-state index contributed by atoms with van der Waals surface area (Å²) in [6, 6.07) is 18.3. The van der Waals surface area contributed by atoms with Gasteiger partial charge < -0.3 is 15.9 Å². The maximum atomic E-state index is 6.39. The van der Waals surface area contributed by atoms with Crippen molar-refractivity contribution in [1.82, 2.24) is 0 Å². The molecule has 0 bridgehead atoms. The first-order valence-electron chi connectivity index (χ1n) is 9.74. The molecule has 4 N–H and O–H groups in total. The lowest BCUT2D eigenvalue weighted by molar-refractivity contribution is 0.305. The van der Waals surface area contributed by atoms with Crippen molar-refractivity contribution in [2.24, 2.45) is 21.5 Å². The number of para-hydroxylation sites is 1. The second-order valence-corrected chi connectivity index (χ2v) is 7.49. The van der Waals surface area contributed by atoms with Crippen LogP contribution in [0.5, 0.6) is 0 Å². The molecule has 142 valence electrons. The minimum atomic E-state index is -0.484. The minimum Gasteiger partial charge on any atom is -0.454 e. The van der Waals surface area contributed by atoms with Gasteiger partial charge in [-0.15, -0.1) is 0 Å². The molecule has 1 spiro atoms. The molecule has 6 heteroatoms. The summed E-state index contributed by atoms with van der Waals surface area (Å²) in [5.74, 6) is 1.46. The van der Waals surface area contributed by atoms with Crippen molar-refractivity contribution in [3.05, 3.63) is 54.6 Å². The molecule has 2 heterocycles. The standard InChI is InChI=1S/C22H23N5O/c23-20-25-21(24)27(22(26-20)12-5-2-6-13-22)17-11-7-10-16-14-18(28-19(16)17)15-8-3-1-4-9-15/h1,3-4,7-11,14H,2,5-6,12-13H2,(H4,23,24,25,26). The molecule has 1 aromatic heterocycles. The highest BCUT2D eigenvalue weighted by Crippen LogP contribution is 2.43. The van der Waals surface area contributed by atoms with E-state index in [1.54, 1.807) is 0 Å². The molecular weight excluding hydrogens is 350 g/mol. The molecule has 3 aromatic rings. The van der Waals surface area contributed by atoms with E-state index in [1.165, 1.54) is 6.42 Å². The molecule has 5 rings (SSSR count). The topological polar surface area (TPSA) is 93.1 Å². The Morgan fingerprint density at radius 3 is 2.50 bits per heavy atom. The third-order valence-corrected chi connectivity index (χ3v) is 5.67. The fraction of sp³-hybridized carbons (Fsp3) is 0.273. The van der Waals surface area contributed by atoms with E-state index in [1.807, 2.05) is 47.4 Å². The summed E-state index contributed by atoms with van der Waals surface area (Å²) in [5.41, 5.74) is 14.6. The molecule has 2 aromatic carbocycles. The number of benzene rings is 2. The normalized spacial score (nSPS) is 18.9. The van der Waals surface area contributed by atoms with Crippen LogP contribution < -0.4 is 16.4 Å². The average Bonchev–Trinajstić information content (AvgIpc) is 3.14. The summed E-state index contributed by atoms with van der Waals surface area (Å²) in [7, 11) is 0. The van der Waals surface area contributed by atoms with Gasteiger partial charge in [0, 0.05) is 10.9 Å². The lowest BCUT2D eigenvalue weighted by atomic mass is 9.87. The highest BCUT2D eigenvalue weighted by molar-refractivity contribution is 6.09. The van der Waals surface area contributed by atoms with E-state index < -0.39 is 5.66 Å². The number of hydrogen-bond donors (Lipinski definition) is 2. The molecule has 1 saturated carbocycles. The first-order valence-corrected chi connectivity index (χ1v) is 9.74. The highest BCUT2D eigenvalue weighted by atomic mass is 16.3. The van der Waals surface area contributed by atoms with Crippen LogP contribution in [0.3, 0.4) is 0 Å². The summed E-state index contributed by atoms with van der Waals surface area (Å²) in [4.78, 5) is 11.1. The van der Waals surface area contributed by atoms with Crippen molar-refractivity contribution in [3.63, 3.8) is 0 Å². The van der Waals surface area contributed by atoms with Gasteiger partial charge in [0.2, 0.25) is 11.9 Å². The maximum absolute atomic E-state index is 6.39. The predicted molar refractivity (Wildman–Crippen MR) is 113 cm³/mol. The van der Waals surface area contributed by atoms with Crippen LogP contribution in [0.4, 0.5) is 5.69 Å². The van der Waals surface area contributed by atoms with Gasteiger partial charge in [-0.1, -0.05) is 48.9 Å². The fourth-order valence-corrected chi connectivity index (χ4v) is 4.44. The van der Waals surface area contributed by atoms with Gasteiger partial charge in [0.05, 0.1) is 5.69 Å². The lowest BCUT2D eigenvalue weighted by Crippen LogP contribution is -2.58.